The van der Waals surface area contributed by atoms with E-state index in [1.54, 1.807) is 0 Å². The first-order chi connectivity index (χ1) is 29.7. The fraction of sp³-hybridized carbons (Fsp3) is 0. The molecule has 0 atom stereocenters. The molecule has 0 saturated heterocycles. The highest BCUT2D eigenvalue weighted by Crippen LogP contribution is 2.41. The molecule has 0 fully saturated rings. The Morgan fingerprint density at radius 1 is 0.233 bits per heavy atom. The van der Waals surface area contributed by atoms with E-state index in [2.05, 4.69) is 231 Å². The first kappa shape index (κ1) is 35.2. The van der Waals surface area contributed by atoms with Crippen molar-refractivity contribution in [3.8, 4) is 78.4 Å². The van der Waals surface area contributed by atoms with Gasteiger partial charge in [0.05, 0.1) is 11.4 Å². The molecule has 0 spiro atoms. The van der Waals surface area contributed by atoms with Gasteiger partial charge in [0.25, 0.3) is 0 Å². The second kappa shape index (κ2) is 15.1. The first-order valence-corrected chi connectivity index (χ1v) is 20.5. The molecule has 280 valence electrons. The number of aromatic nitrogens is 2. The Hall–Kier alpha value is -7.94. The van der Waals surface area contributed by atoms with E-state index in [1.165, 1.54) is 37.9 Å². The molecule has 0 unspecified atom stereocenters. The molecule has 0 aliphatic heterocycles. The van der Waals surface area contributed by atoms with Crippen LogP contribution in [0.3, 0.4) is 0 Å². The third-order valence-electron chi connectivity index (χ3n) is 11.7. The molecule has 0 aliphatic rings. The SMILES string of the molecule is c1ccc(-c2cc(-c3ccccc3)cc(-c3cc(-c4ccccc4-c4ccccc4)nc(-c4ccc(-c5c6ccccc6cc6c5ccc5ccccc56)cc4)n3)c2)cc1. The van der Waals surface area contributed by atoms with Crippen LogP contribution in [0, 0.1) is 0 Å². The van der Waals surface area contributed by atoms with Crippen LogP contribution in [0.15, 0.2) is 231 Å². The Balaban J connectivity index is 1.11. The van der Waals surface area contributed by atoms with E-state index in [-0.39, 0.29) is 0 Å². The van der Waals surface area contributed by atoms with Crippen molar-refractivity contribution in [1.82, 2.24) is 9.97 Å². The Morgan fingerprint density at radius 3 is 1.43 bits per heavy atom. The largest absolute Gasteiger partial charge is 0.228 e. The average Bonchev–Trinajstić information content (AvgIpc) is 3.34. The zero-order chi connectivity index (χ0) is 39.8. The first-order valence-electron chi connectivity index (χ1n) is 20.5. The monoisotopic (exact) mass is 762 g/mol. The maximum Gasteiger partial charge on any atom is 0.160 e. The van der Waals surface area contributed by atoms with Crippen LogP contribution < -0.4 is 0 Å². The lowest BCUT2D eigenvalue weighted by Crippen LogP contribution is -1.98. The van der Waals surface area contributed by atoms with Gasteiger partial charge < -0.3 is 0 Å². The fourth-order valence-electron chi connectivity index (χ4n) is 8.73. The lowest BCUT2D eigenvalue weighted by atomic mass is 9.89. The average molecular weight is 763 g/mol. The summed E-state index contributed by atoms with van der Waals surface area (Å²) in [6.07, 6.45) is 0. The van der Waals surface area contributed by atoms with Gasteiger partial charge in [0, 0.05) is 16.7 Å². The summed E-state index contributed by atoms with van der Waals surface area (Å²) in [5.41, 5.74) is 14.0. The normalized spacial score (nSPS) is 11.3. The molecule has 0 amide bonds. The zero-order valence-electron chi connectivity index (χ0n) is 32.8. The van der Waals surface area contributed by atoms with Crippen molar-refractivity contribution in [2.24, 2.45) is 0 Å². The molecular weight excluding hydrogens is 725 g/mol. The number of hydrogen-bond acceptors (Lipinski definition) is 2. The van der Waals surface area contributed by atoms with E-state index in [0.29, 0.717) is 5.82 Å². The van der Waals surface area contributed by atoms with E-state index in [4.69, 9.17) is 9.97 Å². The zero-order valence-corrected chi connectivity index (χ0v) is 32.8. The van der Waals surface area contributed by atoms with Gasteiger partial charge in [0.2, 0.25) is 0 Å². The highest BCUT2D eigenvalue weighted by Gasteiger charge is 2.17. The summed E-state index contributed by atoms with van der Waals surface area (Å²) in [6, 6.07) is 82.4. The molecule has 1 heterocycles. The molecule has 2 nitrogen and oxygen atoms in total. The molecule has 10 aromatic carbocycles. The van der Waals surface area contributed by atoms with Crippen LogP contribution in [-0.2, 0) is 0 Å². The molecule has 0 aliphatic carbocycles. The lowest BCUT2D eigenvalue weighted by molar-refractivity contribution is 1.18. The van der Waals surface area contributed by atoms with Crippen molar-refractivity contribution in [3.63, 3.8) is 0 Å². The summed E-state index contributed by atoms with van der Waals surface area (Å²) in [6.45, 7) is 0. The Bertz CT molecular complexity index is 3280. The Morgan fingerprint density at radius 2 is 0.750 bits per heavy atom. The predicted octanol–water partition coefficient (Wildman–Crippen LogP) is 15.6. The van der Waals surface area contributed by atoms with Gasteiger partial charge >= 0.3 is 0 Å². The van der Waals surface area contributed by atoms with Gasteiger partial charge in [-0.2, -0.15) is 0 Å². The second-order valence-corrected chi connectivity index (χ2v) is 15.3. The summed E-state index contributed by atoms with van der Waals surface area (Å²) >= 11 is 0. The van der Waals surface area contributed by atoms with Gasteiger partial charge in [-0.25, -0.2) is 9.97 Å². The predicted molar refractivity (Wildman–Crippen MR) is 253 cm³/mol. The molecule has 11 aromatic rings. The van der Waals surface area contributed by atoms with E-state index in [9.17, 15) is 0 Å². The minimum atomic E-state index is 0.678. The molecule has 0 radical (unpaired) electrons. The molecule has 0 saturated carbocycles. The van der Waals surface area contributed by atoms with Gasteiger partial charge in [-0.3, -0.25) is 0 Å². The molecule has 60 heavy (non-hydrogen) atoms. The van der Waals surface area contributed by atoms with Crippen LogP contribution >= 0.6 is 0 Å². The van der Waals surface area contributed by atoms with Crippen molar-refractivity contribution >= 4 is 32.3 Å². The molecule has 0 N–H and O–H groups in total. The van der Waals surface area contributed by atoms with Crippen LogP contribution in [0.2, 0.25) is 0 Å². The maximum atomic E-state index is 5.40. The highest BCUT2D eigenvalue weighted by atomic mass is 14.9. The summed E-state index contributed by atoms with van der Waals surface area (Å²) < 4.78 is 0. The number of nitrogens with zero attached hydrogens (tertiary/aromatic N) is 2. The maximum absolute atomic E-state index is 5.40. The number of fused-ring (bicyclic) bond motifs is 4. The van der Waals surface area contributed by atoms with Crippen LogP contribution in [0.25, 0.3) is 111 Å². The van der Waals surface area contributed by atoms with E-state index in [1.807, 2.05) is 0 Å². The van der Waals surface area contributed by atoms with Crippen molar-refractivity contribution in [2.75, 3.05) is 0 Å². The van der Waals surface area contributed by atoms with E-state index >= 15 is 0 Å². The van der Waals surface area contributed by atoms with Crippen LogP contribution in [-0.4, -0.2) is 9.97 Å². The molecule has 2 heteroatoms. The Kier molecular flexibility index (Phi) is 8.87. The van der Waals surface area contributed by atoms with Crippen molar-refractivity contribution < 1.29 is 0 Å². The molecule has 11 rings (SSSR count). The number of rotatable bonds is 7. The van der Waals surface area contributed by atoms with Crippen LogP contribution in [0.5, 0.6) is 0 Å². The fourth-order valence-corrected chi connectivity index (χ4v) is 8.73. The van der Waals surface area contributed by atoms with Crippen molar-refractivity contribution in [3.05, 3.63) is 231 Å². The summed E-state index contributed by atoms with van der Waals surface area (Å²) in [5, 5.41) is 7.47. The van der Waals surface area contributed by atoms with Crippen molar-refractivity contribution in [1.29, 1.82) is 0 Å². The minimum Gasteiger partial charge on any atom is -0.228 e. The summed E-state index contributed by atoms with van der Waals surface area (Å²) in [7, 11) is 0. The lowest BCUT2D eigenvalue weighted by Gasteiger charge is -2.16. The van der Waals surface area contributed by atoms with Gasteiger partial charge in [-0.1, -0.05) is 200 Å². The van der Waals surface area contributed by atoms with Crippen LogP contribution in [0.4, 0.5) is 0 Å². The number of benzene rings is 10. The second-order valence-electron chi connectivity index (χ2n) is 15.3. The summed E-state index contributed by atoms with van der Waals surface area (Å²) in [5.74, 6) is 0.678. The standard InChI is InChI=1S/C58H38N2/c1-4-16-39(17-5-1)46-34-47(40-18-6-2-7-19-40)36-48(35-46)55-38-56(52-27-15-14-24-49(52)41-20-8-3-9-21-41)60-58(59-55)44-30-28-43(29-31-44)57-51-26-13-11-23-45(51)37-54-50-25-12-10-22-42(50)32-33-53(54)57/h1-38H. The van der Waals surface area contributed by atoms with E-state index < -0.39 is 0 Å². The van der Waals surface area contributed by atoms with Gasteiger partial charge in [0.1, 0.15) is 0 Å². The third-order valence-corrected chi connectivity index (χ3v) is 11.7. The highest BCUT2D eigenvalue weighted by molar-refractivity contribution is 6.20. The van der Waals surface area contributed by atoms with Gasteiger partial charge in [-0.05, 0) is 107 Å². The summed E-state index contributed by atoms with van der Waals surface area (Å²) in [4.78, 5) is 10.8. The minimum absolute atomic E-state index is 0.678. The smallest absolute Gasteiger partial charge is 0.160 e. The van der Waals surface area contributed by atoms with Crippen molar-refractivity contribution in [2.45, 2.75) is 0 Å². The molecule has 1 aromatic heterocycles. The van der Waals surface area contributed by atoms with E-state index in [0.717, 1.165) is 67.0 Å². The topological polar surface area (TPSA) is 25.8 Å². The van der Waals surface area contributed by atoms with Gasteiger partial charge in [0.15, 0.2) is 5.82 Å². The number of hydrogen-bond donors (Lipinski definition) is 0. The Labute approximate surface area is 349 Å². The quantitative estimate of drug-likeness (QED) is 0.119. The molecular formula is C58H38N2. The molecule has 0 bridgehead atoms. The van der Waals surface area contributed by atoms with Crippen LogP contribution in [0.1, 0.15) is 0 Å². The van der Waals surface area contributed by atoms with Gasteiger partial charge in [-0.15, -0.1) is 0 Å². The third kappa shape index (κ3) is 6.51.